The summed E-state index contributed by atoms with van der Waals surface area (Å²) in [5.74, 6) is 0. The summed E-state index contributed by atoms with van der Waals surface area (Å²) in [4.78, 5) is 12.7. The summed E-state index contributed by atoms with van der Waals surface area (Å²) in [6.07, 6.45) is 4.19. The largest absolute Gasteiger partial charge is 0.306 e. The molecule has 5 heteroatoms. The molecular formula is C20H23N3S2. The van der Waals surface area contributed by atoms with E-state index in [4.69, 9.17) is 0 Å². The van der Waals surface area contributed by atoms with Gasteiger partial charge >= 0.3 is 0 Å². The van der Waals surface area contributed by atoms with Crippen LogP contribution < -0.4 is 0 Å². The van der Waals surface area contributed by atoms with Gasteiger partial charge in [0.1, 0.15) is 16.2 Å². The van der Waals surface area contributed by atoms with Crippen molar-refractivity contribution in [2.45, 2.75) is 37.0 Å². The van der Waals surface area contributed by atoms with Crippen molar-refractivity contribution in [2.24, 2.45) is 0 Å². The van der Waals surface area contributed by atoms with Crippen molar-refractivity contribution in [3.63, 3.8) is 0 Å². The number of benzene rings is 1. The second-order valence-corrected chi connectivity index (χ2v) is 9.09. The Labute approximate surface area is 157 Å². The van der Waals surface area contributed by atoms with Gasteiger partial charge in [-0.15, -0.1) is 23.1 Å². The summed E-state index contributed by atoms with van der Waals surface area (Å²) in [7, 11) is 2.21. The molecule has 0 N–H and O–H groups in total. The number of hydrogen-bond acceptors (Lipinski definition) is 5. The SMILES string of the molecule is Cc1ccc(-c2csc3ncnc(SC4CCN(C)CC4)c23)c(C)c1. The van der Waals surface area contributed by atoms with Gasteiger partial charge in [-0.25, -0.2) is 9.97 Å². The molecule has 0 amide bonds. The first-order valence-corrected chi connectivity index (χ1v) is 10.5. The van der Waals surface area contributed by atoms with Gasteiger partial charge in [0.05, 0.1) is 5.39 Å². The quantitative estimate of drug-likeness (QED) is 0.596. The van der Waals surface area contributed by atoms with E-state index < -0.39 is 0 Å². The average Bonchev–Trinajstić information content (AvgIpc) is 3.02. The molecule has 25 heavy (non-hydrogen) atoms. The van der Waals surface area contributed by atoms with Crippen LogP contribution in [0.3, 0.4) is 0 Å². The number of piperidine rings is 1. The third-order valence-electron chi connectivity index (χ3n) is 4.95. The van der Waals surface area contributed by atoms with Crippen molar-refractivity contribution in [2.75, 3.05) is 20.1 Å². The molecule has 3 aromatic rings. The highest BCUT2D eigenvalue weighted by Crippen LogP contribution is 2.41. The highest BCUT2D eigenvalue weighted by Gasteiger charge is 2.21. The van der Waals surface area contributed by atoms with Crippen molar-refractivity contribution in [3.8, 4) is 11.1 Å². The van der Waals surface area contributed by atoms with E-state index in [9.17, 15) is 0 Å². The second kappa shape index (κ2) is 7.06. The van der Waals surface area contributed by atoms with Gasteiger partial charge in [0.2, 0.25) is 0 Å². The monoisotopic (exact) mass is 369 g/mol. The normalized spacial score (nSPS) is 16.6. The lowest BCUT2D eigenvalue weighted by atomic mass is 9.99. The molecule has 4 rings (SSSR count). The molecule has 0 unspecified atom stereocenters. The molecule has 130 valence electrons. The number of aromatic nitrogens is 2. The van der Waals surface area contributed by atoms with Crippen LogP contribution in [-0.2, 0) is 0 Å². The molecule has 1 fully saturated rings. The first-order chi connectivity index (χ1) is 12.1. The molecule has 0 radical (unpaired) electrons. The van der Waals surface area contributed by atoms with Gasteiger partial charge in [0.25, 0.3) is 0 Å². The van der Waals surface area contributed by atoms with Crippen LogP contribution in [0.15, 0.2) is 34.9 Å². The third kappa shape index (κ3) is 3.46. The topological polar surface area (TPSA) is 29.0 Å². The molecule has 0 spiro atoms. The maximum atomic E-state index is 4.67. The average molecular weight is 370 g/mol. The van der Waals surface area contributed by atoms with Crippen LogP contribution >= 0.6 is 23.1 Å². The Morgan fingerprint density at radius 2 is 1.92 bits per heavy atom. The Balaban J connectivity index is 1.74. The van der Waals surface area contributed by atoms with Crippen LogP contribution in [0, 0.1) is 13.8 Å². The summed E-state index contributed by atoms with van der Waals surface area (Å²) in [6.45, 7) is 6.70. The molecule has 1 aliphatic rings. The zero-order chi connectivity index (χ0) is 17.4. The van der Waals surface area contributed by atoms with E-state index in [1.807, 2.05) is 11.8 Å². The zero-order valence-corrected chi connectivity index (χ0v) is 16.6. The van der Waals surface area contributed by atoms with Crippen molar-refractivity contribution >= 4 is 33.3 Å². The molecule has 0 bridgehead atoms. The summed E-state index contributed by atoms with van der Waals surface area (Å²) in [6, 6.07) is 6.69. The highest BCUT2D eigenvalue weighted by molar-refractivity contribution is 8.00. The standard InChI is InChI=1S/C20H23N3S2/c1-13-4-5-16(14(2)10-13)17-11-24-19-18(17)20(22-12-21-19)25-15-6-8-23(3)9-7-15/h4-5,10-12,15H,6-9H2,1-3H3. The van der Waals surface area contributed by atoms with Gasteiger partial charge < -0.3 is 4.90 Å². The maximum Gasteiger partial charge on any atom is 0.128 e. The van der Waals surface area contributed by atoms with Gasteiger partial charge in [-0.3, -0.25) is 0 Å². The number of hydrogen-bond donors (Lipinski definition) is 0. The number of nitrogens with zero attached hydrogens (tertiary/aromatic N) is 3. The smallest absolute Gasteiger partial charge is 0.128 e. The Morgan fingerprint density at radius 3 is 2.68 bits per heavy atom. The summed E-state index contributed by atoms with van der Waals surface area (Å²) in [5, 5.41) is 5.29. The van der Waals surface area contributed by atoms with Crippen molar-refractivity contribution < 1.29 is 0 Å². The number of aryl methyl sites for hydroxylation is 2. The molecular weight excluding hydrogens is 346 g/mol. The predicted molar refractivity (Wildman–Crippen MR) is 109 cm³/mol. The Kier molecular flexibility index (Phi) is 4.80. The zero-order valence-electron chi connectivity index (χ0n) is 15.0. The number of thioether (sulfide) groups is 1. The molecule has 1 aromatic carbocycles. The number of likely N-dealkylation sites (tertiary alicyclic amines) is 1. The van der Waals surface area contributed by atoms with Crippen LogP contribution in [0.4, 0.5) is 0 Å². The van der Waals surface area contributed by atoms with E-state index in [2.05, 4.69) is 59.3 Å². The lowest BCUT2D eigenvalue weighted by Gasteiger charge is -2.28. The Bertz CT molecular complexity index is 895. The first kappa shape index (κ1) is 17.0. The van der Waals surface area contributed by atoms with Gasteiger partial charge in [-0.1, -0.05) is 23.8 Å². The van der Waals surface area contributed by atoms with Crippen LogP contribution in [0.5, 0.6) is 0 Å². The van der Waals surface area contributed by atoms with Crippen LogP contribution in [0.25, 0.3) is 21.3 Å². The summed E-state index contributed by atoms with van der Waals surface area (Å²) >= 11 is 3.67. The van der Waals surface area contributed by atoms with Crippen molar-refractivity contribution in [1.29, 1.82) is 0 Å². The molecule has 2 aromatic heterocycles. The molecule has 0 saturated carbocycles. The molecule has 1 saturated heterocycles. The third-order valence-corrected chi connectivity index (χ3v) is 7.18. The molecule has 1 aliphatic heterocycles. The van der Waals surface area contributed by atoms with E-state index >= 15 is 0 Å². The summed E-state index contributed by atoms with van der Waals surface area (Å²) in [5.41, 5.74) is 5.21. The van der Waals surface area contributed by atoms with Crippen molar-refractivity contribution in [1.82, 2.24) is 14.9 Å². The minimum atomic E-state index is 0.654. The van der Waals surface area contributed by atoms with Gasteiger partial charge in [-0.2, -0.15) is 0 Å². The van der Waals surface area contributed by atoms with Crippen LogP contribution in [0.1, 0.15) is 24.0 Å². The van der Waals surface area contributed by atoms with Crippen LogP contribution in [0.2, 0.25) is 0 Å². The molecule has 0 atom stereocenters. The maximum absolute atomic E-state index is 4.67. The fourth-order valence-electron chi connectivity index (χ4n) is 3.51. The van der Waals surface area contributed by atoms with E-state index in [1.54, 1.807) is 17.7 Å². The summed E-state index contributed by atoms with van der Waals surface area (Å²) < 4.78 is 0. The molecule has 3 nitrogen and oxygen atoms in total. The first-order valence-electron chi connectivity index (χ1n) is 8.77. The molecule has 3 heterocycles. The number of rotatable bonds is 3. The second-order valence-electron chi connectivity index (χ2n) is 6.95. The lowest BCUT2D eigenvalue weighted by molar-refractivity contribution is 0.282. The highest BCUT2D eigenvalue weighted by atomic mass is 32.2. The lowest BCUT2D eigenvalue weighted by Crippen LogP contribution is -2.31. The van der Waals surface area contributed by atoms with E-state index in [0.717, 1.165) is 9.86 Å². The fourth-order valence-corrected chi connectivity index (χ4v) is 5.68. The van der Waals surface area contributed by atoms with Gasteiger partial charge in [-0.05, 0) is 58.0 Å². The minimum Gasteiger partial charge on any atom is -0.306 e. The van der Waals surface area contributed by atoms with Crippen LogP contribution in [-0.4, -0.2) is 40.3 Å². The van der Waals surface area contributed by atoms with E-state index in [-0.39, 0.29) is 0 Å². The number of fused-ring (bicyclic) bond motifs is 1. The van der Waals surface area contributed by atoms with E-state index in [1.165, 1.54) is 53.6 Å². The van der Waals surface area contributed by atoms with E-state index in [0.29, 0.717) is 5.25 Å². The van der Waals surface area contributed by atoms with Gasteiger partial charge in [0.15, 0.2) is 0 Å². The number of thiophene rings is 1. The molecule has 0 aliphatic carbocycles. The van der Waals surface area contributed by atoms with Crippen molar-refractivity contribution in [3.05, 3.63) is 41.0 Å². The minimum absolute atomic E-state index is 0.654. The Hall–Kier alpha value is -1.43. The predicted octanol–water partition coefficient (Wildman–Crippen LogP) is 5.16. The fraction of sp³-hybridized carbons (Fsp3) is 0.400. The Morgan fingerprint density at radius 1 is 1.12 bits per heavy atom. The van der Waals surface area contributed by atoms with Gasteiger partial charge in [0, 0.05) is 16.2 Å².